The Labute approximate surface area is 195 Å². The van der Waals surface area contributed by atoms with Crippen LogP contribution in [0.25, 0.3) is 0 Å². The highest BCUT2D eigenvalue weighted by molar-refractivity contribution is 5.67. The van der Waals surface area contributed by atoms with Crippen LogP contribution in [-0.4, -0.2) is 95.4 Å². The van der Waals surface area contributed by atoms with Gasteiger partial charge >= 0.3 is 17.9 Å². The van der Waals surface area contributed by atoms with Gasteiger partial charge in [-0.15, -0.1) is 0 Å². The minimum Gasteiger partial charge on any atom is -0.463 e. The van der Waals surface area contributed by atoms with Crippen LogP contribution in [0.3, 0.4) is 0 Å². The number of ether oxygens (including phenoxy) is 8. The Balaban J connectivity index is 2.54. The van der Waals surface area contributed by atoms with Crippen molar-refractivity contribution in [1.29, 1.82) is 0 Å². The van der Waals surface area contributed by atoms with Crippen molar-refractivity contribution < 1.29 is 52.3 Å². The van der Waals surface area contributed by atoms with Crippen LogP contribution in [-0.2, 0) is 52.3 Å². The third kappa shape index (κ3) is 12.3. The van der Waals surface area contributed by atoms with Crippen LogP contribution in [0.15, 0.2) is 0 Å². The van der Waals surface area contributed by atoms with E-state index in [2.05, 4.69) is 0 Å². The van der Waals surface area contributed by atoms with Gasteiger partial charge in [-0.05, 0) is 6.42 Å². The number of esters is 3. The second kappa shape index (κ2) is 16.8. The molecule has 33 heavy (non-hydrogen) atoms. The first-order chi connectivity index (χ1) is 15.8. The Morgan fingerprint density at radius 3 is 1.76 bits per heavy atom. The fourth-order valence-electron chi connectivity index (χ4n) is 3.21. The van der Waals surface area contributed by atoms with E-state index in [0.29, 0.717) is 26.4 Å². The van der Waals surface area contributed by atoms with Gasteiger partial charge in [0.15, 0.2) is 12.4 Å². The molecule has 0 aromatic rings. The first-order valence-corrected chi connectivity index (χ1v) is 11.2. The molecule has 0 saturated carbocycles. The number of carbonyl (C=O) groups excluding carboxylic acids is 3. The summed E-state index contributed by atoms with van der Waals surface area (Å²) in [6, 6.07) is 0. The minimum absolute atomic E-state index is 0.139. The molecule has 1 heterocycles. The maximum atomic E-state index is 11.6. The molecule has 1 saturated heterocycles. The van der Waals surface area contributed by atoms with Gasteiger partial charge in [0.05, 0.1) is 39.6 Å². The SMILES string of the molecule is CCCOCCOCCOCCO[C@@H]1OC(COC(C)=O)[C@H](OC(C)=O)[C@H](C)C1OC(C)=O. The van der Waals surface area contributed by atoms with Gasteiger partial charge in [-0.1, -0.05) is 13.8 Å². The summed E-state index contributed by atoms with van der Waals surface area (Å²) in [6.07, 6.45) is -2.38. The number of hydrogen-bond acceptors (Lipinski definition) is 11. The molecule has 1 aliphatic heterocycles. The standard InChI is InChI=1S/C22H38O11/c1-6-7-26-8-9-27-10-11-28-12-13-29-22-21(32-18(5)25)15(2)20(31-17(4)24)19(33-22)14-30-16(3)23/h15,19-22H,6-14H2,1-5H3/t15-,19?,20+,21?,22+/m0/s1. The summed E-state index contributed by atoms with van der Waals surface area (Å²) in [5.41, 5.74) is 0. The van der Waals surface area contributed by atoms with Crippen molar-refractivity contribution in [3.8, 4) is 0 Å². The maximum Gasteiger partial charge on any atom is 0.303 e. The van der Waals surface area contributed by atoms with Gasteiger partial charge in [0.2, 0.25) is 0 Å². The largest absolute Gasteiger partial charge is 0.463 e. The maximum absolute atomic E-state index is 11.6. The highest BCUT2D eigenvalue weighted by Gasteiger charge is 2.48. The molecule has 1 fully saturated rings. The average Bonchev–Trinajstić information content (AvgIpc) is 2.74. The third-order valence-corrected chi connectivity index (χ3v) is 4.64. The molecular formula is C22H38O11. The Morgan fingerprint density at radius 1 is 0.727 bits per heavy atom. The van der Waals surface area contributed by atoms with Crippen LogP contribution in [0.1, 0.15) is 41.0 Å². The Kier molecular flexibility index (Phi) is 14.9. The van der Waals surface area contributed by atoms with Crippen molar-refractivity contribution in [2.24, 2.45) is 5.92 Å². The van der Waals surface area contributed by atoms with Crippen LogP contribution >= 0.6 is 0 Å². The van der Waals surface area contributed by atoms with E-state index < -0.39 is 48.4 Å². The Morgan fingerprint density at radius 2 is 1.24 bits per heavy atom. The highest BCUT2D eigenvalue weighted by atomic mass is 16.7. The monoisotopic (exact) mass is 478 g/mol. The molecule has 5 atom stereocenters. The van der Waals surface area contributed by atoms with E-state index in [9.17, 15) is 14.4 Å². The fraction of sp³-hybridized carbons (Fsp3) is 0.864. The molecule has 0 N–H and O–H groups in total. The molecule has 0 aliphatic carbocycles. The zero-order chi connectivity index (χ0) is 24.6. The molecule has 0 aromatic heterocycles. The molecular weight excluding hydrogens is 440 g/mol. The van der Waals surface area contributed by atoms with Crippen LogP contribution in [0.5, 0.6) is 0 Å². The molecule has 0 amide bonds. The van der Waals surface area contributed by atoms with E-state index in [1.807, 2.05) is 6.92 Å². The molecule has 1 aliphatic rings. The molecule has 192 valence electrons. The summed E-state index contributed by atoms with van der Waals surface area (Å²) in [6.45, 7) is 10.5. The van der Waals surface area contributed by atoms with Crippen LogP contribution in [0.4, 0.5) is 0 Å². The molecule has 2 unspecified atom stereocenters. The van der Waals surface area contributed by atoms with Gasteiger partial charge < -0.3 is 37.9 Å². The summed E-state index contributed by atoms with van der Waals surface area (Å²) in [5.74, 6) is -2.03. The van der Waals surface area contributed by atoms with E-state index in [1.54, 1.807) is 6.92 Å². The van der Waals surface area contributed by atoms with Gasteiger partial charge in [0.25, 0.3) is 0 Å². The number of hydrogen-bond donors (Lipinski definition) is 0. The van der Waals surface area contributed by atoms with E-state index in [-0.39, 0.29) is 19.8 Å². The number of rotatable bonds is 16. The minimum atomic E-state index is -0.952. The summed E-state index contributed by atoms with van der Waals surface area (Å²) < 4.78 is 43.7. The van der Waals surface area contributed by atoms with Crippen molar-refractivity contribution in [1.82, 2.24) is 0 Å². The summed E-state index contributed by atoms with van der Waals surface area (Å²) in [5, 5.41) is 0. The predicted molar refractivity (Wildman–Crippen MR) is 114 cm³/mol. The second-order valence-electron chi connectivity index (χ2n) is 7.56. The normalized spacial score (nSPS) is 24.8. The molecule has 1 rings (SSSR count). The van der Waals surface area contributed by atoms with Crippen molar-refractivity contribution in [3.63, 3.8) is 0 Å². The molecule has 0 aromatic carbocycles. The quantitative estimate of drug-likeness (QED) is 0.181. The molecule has 0 radical (unpaired) electrons. The zero-order valence-corrected chi connectivity index (χ0v) is 20.2. The van der Waals surface area contributed by atoms with E-state index in [0.717, 1.165) is 13.0 Å². The molecule has 0 bridgehead atoms. The molecule has 0 spiro atoms. The van der Waals surface area contributed by atoms with Gasteiger partial charge in [-0.25, -0.2) is 0 Å². The fourth-order valence-corrected chi connectivity index (χ4v) is 3.21. The lowest BCUT2D eigenvalue weighted by atomic mass is 9.90. The lowest BCUT2D eigenvalue weighted by Gasteiger charge is -2.43. The zero-order valence-electron chi connectivity index (χ0n) is 20.2. The number of carbonyl (C=O) groups is 3. The van der Waals surface area contributed by atoms with E-state index in [1.165, 1.54) is 20.8 Å². The van der Waals surface area contributed by atoms with E-state index >= 15 is 0 Å². The van der Waals surface area contributed by atoms with Crippen LogP contribution in [0, 0.1) is 5.92 Å². The average molecular weight is 479 g/mol. The third-order valence-electron chi connectivity index (χ3n) is 4.64. The van der Waals surface area contributed by atoms with E-state index in [4.69, 9.17) is 37.9 Å². The van der Waals surface area contributed by atoms with Crippen molar-refractivity contribution in [2.75, 3.05) is 52.9 Å². The van der Waals surface area contributed by atoms with Crippen LogP contribution < -0.4 is 0 Å². The van der Waals surface area contributed by atoms with Crippen molar-refractivity contribution in [3.05, 3.63) is 0 Å². The second-order valence-corrected chi connectivity index (χ2v) is 7.56. The molecule has 11 heteroatoms. The van der Waals surface area contributed by atoms with Gasteiger partial charge in [0.1, 0.15) is 18.8 Å². The summed E-state index contributed by atoms with van der Waals surface area (Å²) in [7, 11) is 0. The van der Waals surface area contributed by atoms with Gasteiger partial charge in [0, 0.05) is 33.3 Å². The van der Waals surface area contributed by atoms with Crippen LogP contribution in [0.2, 0.25) is 0 Å². The Bertz CT molecular complexity index is 581. The lowest BCUT2D eigenvalue weighted by Crippen LogP contribution is -2.58. The molecule has 11 nitrogen and oxygen atoms in total. The summed E-state index contributed by atoms with van der Waals surface area (Å²) >= 11 is 0. The topological polar surface area (TPSA) is 125 Å². The first kappa shape index (κ1) is 29.2. The summed E-state index contributed by atoms with van der Waals surface area (Å²) in [4.78, 5) is 34.5. The predicted octanol–water partition coefficient (Wildman–Crippen LogP) is 1.25. The lowest BCUT2D eigenvalue weighted by molar-refractivity contribution is -0.295. The Hall–Kier alpha value is -1.79. The van der Waals surface area contributed by atoms with Gasteiger partial charge in [-0.2, -0.15) is 0 Å². The first-order valence-electron chi connectivity index (χ1n) is 11.2. The van der Waals surface area contributed by atoms with Crippen molar-refractivity contribution in [2.45, 2.75) is 65.6 Å². The highest BCUT2D eigenvalue weighted by Crippen LogP contribution is 2.31. The van der Waals surface area contributed by atoms with Gasteiger partial charge in [-0.3, -0.25) is 14.4 Å². The smallest absolute Gasteiger partial charge is 0.303 e. The van der Waals surface area contributed by atoms with Crippen molar-refractivity contribution >= 4 is 17.9 Å².